The molecule has 3 aromatic carbocycles. The SMILES string of the molecule is CCOc1ccc(NC(=O)c2ccc(NCc3nc(-c4ccc(Cl)cc4)no3)cc2)cc1. The van der Waals surface area contributed by atoms with Gasteiger partial charge in [0.2, 0.25) is 11.7 Å². The number of benzene rings is 3. The largest absolute Gasteiger partial charge is 0.494 e. The van der Waals surface area contributed by atoms with Crippen LogP contribution in [0.4, 0.5) is 11.4 Å². The van der Waals surface area contributed by atoms with Gasteiger partial charge in [-0.05, 0) is 79.7 Å². The van der Waals surface area contributed by atoms with E-state index in [9.17, 15) is 4.79 Å². The number of hydrogen-bond acceptors (Lipinski definition) is 6. The summed E-state index contributed by atoms with van der Waals surface area (Å²) in [6.07, 6.45) is 0. The molecule has 0 bridgehead atoms. The molecule has 0 saturated carbocycles. The number of ether oxygens (including phenoxy) is 1. The maximum atomic E-state index is 12.5. The smallest absolute Gasteiger partial charge is 0.255 e. The molecule has 0 unspecified atom stereocenters. The fraction of sp³-hybridized carbons (Fsp3) is 0.125. The molecule has 8 heteroatoms. The third kappa shape index (κ3) is 5.44. The second-order valence-electron chi connectivity index (χ2n) is 6.86. The summed E-state index contributed by atoms with van der Waals surface area (Å²) in [6.45, 7) is 2.88. The first-order chi connectivity index (χ1) is 15.6. The Morgan fingerprint density at radius 3 is 2.34 bits per heavy atom. The summed E-state index contributed by atoms with van der Waals surface area (Å²) in [6, 6.07) is 21.6. The van der Waals surface area contributed by atoms with E-state index in [4.69, 9.17) is 20.9 Å². The van der Waals surface area contributed by atoms with Gasteiger partial charge < -0.3 is 19.9 Å². The van der Waals surface area contributed by atoms with E-state index in [1.807, 2.05) is 55.5 Å². The van der Waals surface area contributed by atoms with Gasteiger partial charge in [-0.15, -0.1) is 0 Å². The molecule has 0 aliphatic rings. The van der Waals surface area contributed by atoms with Gasteiger partial charge in [0, 0.05) is 27.5 Å². The molecule has 32 heavy (non-hydrogen) atoms. The number of carbonyl (C=O) groups is 1. The maximum absolute atomic E-state index is 12.5. The Bertz CT molecular complexity index is 1170. The predicted octanol–water partition coefficient (Wildman–Crippen LogP) is 5.65. The van der Waals surface area contributed by atoms with Crippen molar-refractivity contribution in [2.75, 3.05) is 17.2 Å². The summed E-state index contributed by atoms with van der Waals surface area (Å²) in [5.74, 6) is 1.53. The summed E-state index contributed by atoms with van der Waals surface area (Å²) >= 11 is 5.91. The number of anilines is 2. The molecule has 2 N–H and O–H groups in total. The molecule has 0 fully saturated rings. The lowest BCUT2D eigenvalue weighted by Gasteiger charge is -2.08. The van der Waals surface area contributed by atoms with Crippen LogP contribution in [0.2, 0.25) is 5.02 Å². The first-order valence-electron chi connectivity index (χ1n) is 10.1. The number of hydrogen-bond donors (Lipinski definition) is 2. The number of halogens is 1. The van der Waals surface area contributed by atoms with Crippen LogP contribution < -0.4 is 15.4 Å². The van der Waals surface area contributed by atoms with Crippen LogP contribution in [0.3, 0.4) is 0 Å². The lowest BCUT2D eigenvalue weighted by atomic mass is 10.2. The van der Waals surface area contributed by atoms with Crippen LogP contribution in [0.5, 0.6) is 5.75 Å². The number of rotatable bonds is 8. The van der Waals surface area contributed by atoms with Crippen molar-refractivity contribution in [1.29, 1.82) is 0 Å². The Hall–Kier alpha value is -3.84. The van der Waals surface area contributed by atoms with Crippen molar-refractivity contribution >= 4 is 28.9 Å². The fourth-order valence-corrected chi connectivity index (χ4v) is 3.09. The molecule has 0 radical (unpaired) electrons. The zero-order chi connectivity index (χ0) is 22.3. The summed E-state index contributed by atoms with van der Waals surface area (Å²) in [4.78, 5) is 16.8. The van der Waals surface area contributed by atoms with E-state index in [2.05, 4.69) is 20.8 Å². The molecule has 1 heterocycles. The molecule has 0 atom stereocenters. The molecule has 4 rings (SSSR count). The predicted molar refractivity (Wildman–Crippen MR) is 124 cm³/mol. The summed E-state index contributed by atoms with van der Waals surface area (Å²) < 4.78 is 10.7. The molecule has 4 aromatic rings. The minimum absolute atomic E-state index is 0.190. The molecule has 1 amide bonds. The van der Waals surface area contributed by atoms with Crippen LogP contribution in [0.25, 0.3) is 11.4 Å². The van der Waals surface area contributed by atoms with Gasteiger partial charge in [-0.2, -0.15) is 4.98 Å². The fourth-order valence-electron chi connectivity index (χ4n) is 2.96. The van der Waals surface area contributed by atoms with E-state index in [1.54, 1.807) is 24.3 Å². The Morgan fingerprint density at radius 2 is 1.66 bits per heavy atom. The molecular formula is C24H21ClN4O3. The average Bonchev–Trinajstić information content (AvgIpc) is 3.29. The van der Waals surface area contributed by atoms with E-state index in [0.29, 0.717) is 41.1 Å². The number of nitrogens with zero attached hydrogens (tertiary/aromatic N) is 2. The minimum atomic E-state index is -0.190. The van der Waals surface area contributed by atoms with Gasteiger partial charge in [-0.25, -0.2) is 0 Å². The zero-order valence-corrected chi connectivity index (χ0v) is 18.1. The van der Waals surface area contributed by atoms with Crippen molar-refractivity contribution in [2.24, 2.45) is 0 Å². The molecule has 0 saturated heterocycles. The number of nitrogens with one attached hydrogen (secondary N) is 2. The van der Waals surface area contributed by atoms with Crippen molar-refractivity contribution in [1.82, 2.24) is 10.1 Å². The molecule has 162 valence electrons. The third-order valence-corrected chi connectivity index (χ3v) is 4.84. The number of carbonyl (C=O) groups excluding carboxylic acids is 1. The van der Waals surface area contributed by atoms with Gasteiger partial charge >= 0.3 is 0 Å². The van der Waals surface area contributed by atoms with E-state index >= 15 is 0 Å². The van der Waals surface area contributed by atoms with Gasteiger partial charge in [0.1, 0.15) is 5.75 Å². The van der Waals surface area contributed by atoms with Crippen LogP contribution in [0.15, 0.2) is 77.3 Å². The lowest BCUT2D eigenvalue weighted by molar-refractivity contribution is 0.102. The Balaban J connectivity index is 1.32. The monoisotopic (exact) mass is 448 g/mol. The molecule has 0 spiro atoms. The van der Waals surface area contributed by atoms with Gasteiger partial charge in [0.05, 0.1) is 13.2 Å². The second-order valence-corrected chi connectivity index (χ2v) is 7.30. The van der Waals surface area contributed by atoms with E-state index < -0.39 is 0 Å². The normalized spacial score (nSPS) is 10.6. The van der Waals surface area contributed by atoms with Gasteiger partial charge in [0.15, 0.2) is 0 Å². The van der Waals surface area contributed by atoms with Crippen molar-refractivity contribution in [2.45, 2.75) is 13.5 Å². The summed E-state index contributed by atoms with van der Waals surface area (Å²) in [7, 11) is 0. The highest BCUT2D eigenvalue weighted by Gasteiger charge is 2.10. The summed E-state index contributed by atoms with van der Waals surface area (Å²) in [5.41, 5.74) is 2.90. The van der Waals surface area contributed by atoms with Gasteiger partial charge in [-0.1, -0.05) is 16.8 Å². The Kier molecular flexibility index (Phi) is 6.67. The second kappa shape index (κ2) is 9.98. The minimum Gasteiger partial charge on any atom is -0.494 e. The lowest BCUT2D eigenvalue weighted by Crippen LogP contribution is -2.11. The topological polar surface area (TPSA) is 89.3 Å². The number of aromatic nitrogens is 2. The van der Waals surface area contributed by atoms with Crippen molar-refractivity contribution in [3.05, 3.63) is 89.3 Å². The van der Waals surface area contributed by atoms with Crippen molar-refractivity contribution in [3.8, 4) is 17.1 Å². The highest BCUT2D eigenvalue weighted by Crippen LogP contribution is 2.20. The van der Waals surface area contributed by atoms with E-state index in [0.717, 1.165) is 17.0 Å². The van der Waals surface area contributed by atoms with E-state index in [-0.39, 0.29) is 5.91 Å². The summed E-state index contributed by atoms with van der Waals surface area (Å²) in [5, 5.41) is 10.7. The van der Waals surface area contributed by atoms with Crippen LogP contribution >= 0.6 is 11.6 Å². The van der Waals surface area contributed by atoms with Gasteiger partial charge in [0.25, 0.3) is 5.91 Å². The Morgan fingerprint density at radius 1 is 0.969 bits per heavy atom. The molecule has 7 nitrogen and oxygen atoms in total. The van der Waals surface area contributed by atoms with Crippen LogP contribution in [0, 0.1) is 0 Å². The molecule has 0 aliphatic heterocycles. The van der Waals surface area contributed by atoms with Crippen LogP contribution in [0.1, 0.15) is 23.2 Å². The maximum Gasteiger partial charge on any atom is 0.255 e. The van der Waals surface area contributed by atoms with Crippen LogP contribution in [-0.4, -0.2) is 22.7 Å². The van der Waals surface area contributed by atoms with Crippen molar-refractivity contribution in [3.63, 3.8) is 0 Å². The average molecular weight is 449 g/mol. The first-order valence-corrected chi connectivity index (χ1v) is 10.4. The molecule has 0 aliphatic carbocycles. The quantitative estimate of drug-likeness (QED) is 0.362. The third-order valence-electron chi connectivity index (χ3n) is 4.58. The highest BCUT2D eigenvalue weighted by atomic mass is 35.5. The zero-order valence-electron chi connectivity index (χ0n) is 17.3. The highest BCUT2D eigenvalue weighted by molar-refractivity contribution is 6.30. The molecule has 1 aromatic heterocycles. The van der Waals surface area contributed by atoms with Gasteiger partial charge in [-0.3, -0.25) is 4.79 Å². The van der Waals surface area contributed by atoms with Crippen LogP contribution in [-0.2, 0) is 6.54 Å². The van der Waals surface area contributed by atoms with E-state index in [1.165, 1.54) is 0 Å². The Labute approximate surface area is 190 Å². The molecular weight excluding hydrogens is 428 g/mol. The first kappa shape index (κ1) is 21.4. The standard InChI is InChI=1S/C24H21ClN4O3/c1-2-31-21-13-11-20(12-14-21)27-24(30)17-5-9-19(10-6-17)26-15-22-28-23(29-32-22)16-3-7-18(25)8-4-16/h3-14,26H,2,15H2,1H3,(H,27,30). The number of amides is 1. The van der Waals surface area contributed by atoms with Crippen molar-refractivity contribution < 1.29 is 14.1 Å².